The zero-order chi connectivity index (χ0) is 14.4. The first-order valence-corrected chi connectivity index (χ1v) is 7.82. The van der Waals surface area contributed by atoms with Crippen LogP contribution in [0.25, 0.3) is 0 Å². The van der Waals surface area contributed by atoms with Crippen molar-refractivity contribution in [2.24, 2.45) is 0 Å². The quantitative estimate of drug-likeness (QED) is 0.831. The second kappa shape index (κ2) is 7.55. The Morgan fingerprint density at radius 3 is 2.74 bits per heavy atom. The Morgan fingerprint density at radius 2 is 2.16 bits per heavy atom. The molecule has 1 rings (SSSR count). The molecule has 0 fully saturated rings. The molecule has 104 valence electrons. The molecule has 2 N–H and O–H groups in total. The van der Waals surface area contributed by atoms with Gasteiger partial charge < -0.3 is 10.4 Å². The van der Waals surface area contributed by atoms with Crippen molar-refractivity contribution < 1.29 is 14.7 Å². The van der Waals surface area contributed by atoms with E-state index in [-0.39, 0.29) is 23.1 Å². The van der Waals surface area contributed by atoms with Gasteiger partial charge in [-0.1, -0.05) is 13.0 Å². The van der Waals surface area contributed by atoms with Gasteiger partial charge in [0.05, 0.1) is 11.1 Å². The summed E-state index contributed by atoms with van der Waals surface area (Å²) in [6, 6.07) is 4.67. The fourth-order valence-electron chi connectivity index (χ4n) is 1.57. The average Bonchev–Trinajstić information content (AvgIpc) is 2.35. The number of benzene rings is 1. The standard InChI is InChI=1S/C13H16BrNO3S/c1-3-19-7-8(2)15-12(16)11-9(13(17)18)5-4-6-10(11)14/h4-6,8H,3,7H2,1-2H3,(H,15,16)(H,17,18). The molecule has 0 aromatic heterocycles. The maximum atomic E-state index is 12.2. The van der Waals surface area contributed by atoms with Gasteiger partial charge in [0.1, 0.15) is 0 Å². The third kappa shape index (κ3) is 4.54. The number of nitrogens with one attached hydrogen (secondary N) is 1. The van der Waals surface area contributed by atoms with Crippen LogP contribution in [0.5, 0.6) is 0 Å². The van der Waals surface area contributed by atoms with Crippen molar-refractivity contribution in [3.8, 4) is 0 Å². The number of amides is 1. The Bertz CT molecular complexity index is 479. The molecule has 0 radical (unpaired) electrons. The minimum absolute atomic E-state index is 0.00206. The molecular formula is C13H16BrNO3S. The third-order valence-corrected chi connectivity index (χ3v) is 4.23. The van der Waals surface area contributed by atoms with Crippen molar-refractivity contribution in [1.82, 2.24) is 5.32 Å². The van der Waals surface area contributed by atoms with Gasteiger partial charge in [-0.2, -0.15) is 11.8 Å². The zero-order valence-electron chi connectivity index (χ0n) is 10.8. The highest BCUT2D eigenvalue weighted by Gasteiger charge is 2.20. The van der Waals surface area contributed by atoms with Gasteiger partial charge >= 0.3 is 5.97 Å². The van der Waals surface area contributed by atoms with Gasteiger partial charge in [-0.25, -0.2) is 4.79 Å². The van der Waals surface area contributed by atoms with E-state index in [4.69, 9.17) is 5.11 Å². The monoisotopic (exact) mass is 345 g/mol. The number of hydrogen-bond acceptors (Lipinski definition) is 3. The predicted molar refractivity (Wildman–Crippen MR) is 81.0 cm³/mol. The number of carbonyl (C=O) groups excluding carboxylic acids is 1. The van der Waals surface area contributed by atoms with Gasteiger partial charge in [0.25, 0.3) is 5.91 Å². The summed E-state index contributed by atoms with van der Waals surface area (Å²) in [7, 11) is 0. The number of halogens is 1. The first kappa shape index (κ1) is 16.0. The third-order valence-electron chi connectivity index (χ3n) is 2.42. The highest BCUT2D eigenvalue weighted by Crippen LogP contribution is 2.21. The molecule has 1 unspecified atom stereocenters. The van der Waals surface area contributed by atoms with E-state index in [1.165, 1.54) is 6.07 Å². The predicted octanol–water partition coefficient (Wildman–Crippen LogP) is 3.02. The van der Waals surface area contributed by atoms with Crippen molar-refractivity contribution in [2.45, 2.75) is 19.9 Å². The molecule has 1 aromatic rings. The maximum Gasteiger partial charge on any atom is 0.336 e. The van der Waals surface area contributed by atoms with Crippen LogP contribution in [-0.4, -0.2) is 34.5 Å². The van der Waals surface area contributed by atoms with Crippen LogP contribution in [0.15, 0.2) is 22.7 Å². The summed E-state index contributed by atoms with van der Waals surface area (Å²) in [5.74, 6) is 0.307. The highest BCUT2D eigenvalue weighted by molar-refractivity contribution is 9.10. The second-order valence-electron chi connectivity index (χ2n) is 4.00. The smallest absolute Gasteiger partial charge is 0.336 e. The molecule has 1 amide bonds. The van der Waals surface area contributed by atoms with Crippen molar-refractivity contribution in [3.63, 3.8) is 0 Å². The average molecular weight is 346 g/mol. The van der Waals surface area contributed by atoms with Gasteiger partial charge in [0.15, 0.2) is 0 Å². The van der Waals surface area contributed by atoms with E-state index in [9.17, 15) is 9.59 Å². The summed E-state index contributed by atoms with van der Waals surface area (Å²) in [5, 5.41) is 11.9. The molecule has 6 heteroatoms. The van der Waals surface area contributed by atoms with Crippen LogP contribution in [0.1, 0.15) is 34.6 Å². The lowest BCUT2D eigenvalue weighted by Crippen LogP contribution is -2.35. The minimum Gasteiger partial charge on any atom is -0.478 e. The first-order chi connectivity index (χ1) is 8.97. The van der Waals surface area contributed by atoms with Crippen LogP contribution in [-0.2, 0) is 0 Å². The van der Waals surface area contributed by atoms with Gasteiger partial charge in [0, 0.05) is 16.3 Å². The molecular weight excluding hydrogens is 330 g/mol. The summed E-state index contributed by atoms with van der Waals surface area (Å²) in [4.78, 5) is 23.3. The summed E-state index contributed by atoms with van der Waals surface area (Å²) in [6.07, 6.45) is 0. The molecule has 0 aliphatic heterocycles. The van der Waals surface area contributed by atoms with Crippen LogP contribution in [0.3, 0.4) is 0 Å². The van der Waals surface area contributed by atoms with E-state index in [0.29, 0.717) is 4.47 Å². The fourth-order valence-corrected chi connectivity index (χ4v) is 2.78. The summed E-state index contributed by atoms with van der Waals surface area (Å²) in [5.41, 5.74) is 0.172. The van der Waals surface area contributed by atoms with E-state index in [2.05, 4.69) is 28.2 Å². The second-order valence-corrected chi connectivity index (χ2v) is 6.17. The van der Waals surface area contributed by atoms with Gasteiger partial charge in [-0.05, 0) is 40.7 Å². The lowest BCUT2D eigenvalue weighted by molar-refractivity contribution is 0.0690. The Morgan fingerprint density at radius 1 is 1.47 bits per heavy atom. The van der Waals surface area contributed by atoms with Crippen LogP contribution >= 0.6 is 27.7 Å². The molecule has 1 atom stereocenters. The Balaban J connectivity index is 2.90. The van der Waals surface area contributed by atoms with Crippen LogP contribution in [0, 0.1) is 0 Å². The van der Waals surface area contributed by atoms with Crippen molar-refractivity contribution in [3.05, 3.63) is 33.8 Å². The Labute approximate surface area is 125 Å². The Hall–Kier alpha value is -1.01. The zero-order valence-corrected chi connectivity index (χ0v) is 13.2. The Kier molecular flexibility index (Phi) is 6.37. The van der Waals surface area contributed by atoms with Crippen LogP contribution in [0.4, 0.5) is 0 Å². The number of carboxylic acid groups (broad SMARTS) is 1. The summed E-state index contributed by atoms with van der Waals surface area (Å²) in [6.45, 7) is 3.95. The van der Waals surface area contributed by atoms with Crippen LogP contribution < -0.4 is 5.32 Å². The lowest BCUT2D eigenvalue weighted by Gasteiger charge is -2.15. The highest BCUT2D eigenvalue weighted by atomic mass is 79.9. The maximum absolute atomic E-state index is 12.2. The van der Waals surface area contributed by atoms with E-state index in [1.54, 1.807) is 23.9 Å². The normalized spacial score (nSPS) is 11.9. The fraction of sp³-hybridized carbons (Fsp3) is 0.385. The molecule has 4 nitrogen and oxygen atoms in total. The van der Waals surface area contributed by atoms with Crippen LogP contribution in [0.2, 0.25) is 0 Å². The number of thioether (sulfide) groups is 1. The topological polar surface area (TPSA) is 66.4 Å². The molecule has 0 spiro atoms. The summed E-state index contributed by atoms with van der Waals surface area (Å²) < 4.78 is 0.486. The van der Waals surface area contributed by atoms with Gasteiger partial charge in [-0.15, -0.1) is 0 Å². The number of rotatable bonds is 6. The molecule has 0 saturated carbocycles. The molecule has 19 heavy (non-hydrogen) atoms. The van der Waals surface area contributed by atoms with E-state index in [0.717, 1.165) is 11.5 Å². The number of carboxylic acids is 1. The summed E-state index contributed by atoms with van der Waals surface area (Å²) >= 11 is 4.95. The van der Waals surface area contributed by atoms with Crippen molar-refractivity contribution in [1.29, 1.82) is 0 Å². The molecule has 0 bridgehead atoms. The van der Waals surface area contributed by atoms with Gasteiger partial charge in [0.2, 0.25) is 0 Å². The molecule has 0 aliphatic carbocycles. The minimum atomic E-state index is -1.11. The van der Waals surface area contributed by atoms with E-state index in [1.807, 2.05) is 6.92 Å². The first-order valence-electron chi connectivity index (χ1n) is 5.87. The SMILES string of the molecule is CCSCC(C)NC(=O)c1c(Br)cccc1C(=O)O. The number of hydrogen-bond donors (Lipinski definition) is 2. The van der Waals surface area contributed by atoms with Crippen molar-refractivity contribution >= 4 is 39.6 Å². The van der Waals surface area contributed by atoms with Crippen molar-refractivity contribution in [2.75, 3.05) is 11.5 Å². The van der Waals surface area contributed by atoms with E-state index >= 15 is 0 Å². The molecule has 0 saturated heterocycles. The number of aromatic carboxylic acids is 1. The molecule has 0 heterocycles. The number of carbonyl (C=O) groups is 2. The lowest BCUT2D eigenvalue weighted by atomic mass is 10.1. The van der Waals surface area contributed by atoms with Gasteiger partial charge in [-0.3, -0.25) is 4.79 Å². The molecule has 1 aromatic carbocycles. The van der Waals surface area contributed by atoms with E-state index < -0.39 is 5.97 Å². The largest absolute Gasteiger partial charge is 0.478 e. The molecule has 0 aliphatic rings.